The first-order valence-corrected chi connectivity index (χ1v) is 13.5. The fourth-order valence-corrected chi connectivity index (χ4v) is 6.25. The van der Waals surface area contributed by atoms with E-state index in [0.717, 1.165) is 60.3 Å². The van der Waals surface area contributed by atoms with Crippen molar-refractivity contribution in [3.8, 4) is 6.07 Å². The Hall–Kier alpha value is -3.95. The molecule has 1 aliphatic heterocycles. The van der Waals surface area contributed by atoms with E-state index < -0.39 is 12.6 Å². The fraction of sp³-hybridized carbons (Fsp3) is 0.333. The van der Waals surface area contributed by atoms with Gasteiger partial charge in [0, 0.05) is 53.2 Å². The number of hydrogen-bond donors (Lipinski definition) is 2. The highest BCUT2D eigenvalue weighted by molar-refractivity contribution is 7.18. The Morgan fingerprint density at radius 3 is 2.69 bits per heavy atom. The van der Waals surface area contributed by atoms with Crippen molar-refractivity contribution in [2.75, 3.05) is 18.4 Å². The Balaban J connectivity index is 1.09. The highest BCUT2D eigenvalue weighted by atomic mass is 32.1. The number of thiophene rings is 1. The molecule has 5 aromatic rings. The van der Waals surface area contributed by atoms with E-state index in [1.165, 1.54) is 11.9 Å². The van der Waals surface area contributed by atoms with Crippen LogP contribution in [0.3, 0.4) is 0 Å². The van der Waals surface area contributed by atoms with Crippen molar-refractivity contribution in [1.82, 2.24) is 29.6 Å². The number of anilines is 1. The quantitative estimate of drug-likeness (QED) is 0.279. The third-order valence-corrected chi connectivity index (χ3v) is 8.11. The molecule has 12 heteroatoms. The molecule has 0 atom stereocenters. The lowest BCUT2D eigenvalue weighted by molar-refractivity contribution is -0.126. The second-order valence-corrected chi connectivity index (χ2v) is 11.0. The van der Waals surface area contributed by atoms with Crippen molar-refractivity contribution in [2.24, 2.45) is 0 Å². The molecule has 0 radical (unpaired) electrons. The molecular formula is C27H25F3N8S. The number of halogens is 3. The molecule has 6 rings (SSSR count). The molecule has 4 aromatic heterocycles. The molecule has 2 N–H and O–H groups in total. The van der Waals surface area contributed by atoms with Gasteiger partial charge in [-0.15, -0.1) is 11.3 Å². The van der Waals surface area contributed by atoms with Gasteiger partial charge in [-0.3, -0.25) is 10.00 Å². The zero-order chi connectivity index (χ0) is 27.0. The fourth-order valence-electron chi connectivity index (χ4n) is 5.22. The molecule has 0 aliphatic carbocycles. The molecule has 0 saturated carbocycles. The van der Waals surface area contributed by atoms with Crippen molar-refractivity contribution in [3.63, 3.8) is 0 Å². The highest BCUT2D eigenvalue weighted by Gasteiger charge is 2.29. The largest absolute Gasteiger partial charge is 0.393 e. The number of aromatic nitrogens is 5. The maximum absolute atomic E-state index is 12.9. The molecule has 1 aromatic carbocycles. The van der Waals surface area contributed by atoms with E-state index in [9.17, 15) is 18.4 Å². The van der Waals surface area contributed by atoms with Crippen LogP contribution in [0.2, 0.25) is 0 Å². The molecule has 0 spiro atoms. The zero-order valence-electron chi connectivity index (χ0n) is 20.9. The van der Waals surface area contributed by atoms with E-state index in [1.807, 2.05) is 16.8 Å². The standard InChI is InChI=1S/C27H25F3N8S/c28-27(29,30)10-22-9-23-25(32-16-33-26(23)39-22)36-20-3-5-37(6-4-20)14-17-1-2-24-19(7-17)8-21(11-31)38(24)15-18-12-34-35-13-18/h1-2,7-9,12-13,16,20H,3-6,10,14-15H2,(H,34,35)(H,32,33,36). The van der Waals surface area contributed by atoms with E-state index in [0.29, 0.717) is 28.3 Å². The Morgan fingerprint density at radius 1 is 1.10 bits per heavy atom. The lowest BCUT2D eigenvalue weighted by Gasteiger charge is -2.32. The second-order valence-electron chi connectivity index (χ2n) is 9.87. The summed E-state index contributed by atoms with van der Waals surface area (Å²) in [5, 5.41) is 21.6. The van der Waals surface area contributed by atoms with E-state index in [2.05, 4.69) is 54.7 Å². The van der Waals surface area contributed by atoms with E-state index in [-0.39, 0.29) is 10.9 Å². The molecule has 1 saturated heterocycles. The first kappa shape index (κ1) is 25.3. The van der Waals surface area contributed by atoms with Gasteiger partial charge in [0.25, 0.3) is 0 Å². The number of fused-ring (bicyclic) bond motifs is 2. The molecule has 0 amide bonds. The van der Waals surface area contributed by atoms with E-state index >= 15 is 0 Å². The van der Waals surface area contributed by atoms with Crippen LogP contribution in [0.15, 0.2) is 49.1 Å². The number of benzene rings is 1. The predicted molar refractivity (Wildman–Crippen MR) is 143 cm³/mol. The van der Waals surface area contributed by atoms with Gasteiger partial charge in [0.2, 0.25) is 0 Å². The first-order valence-electron chi connectivity index (χ1n) is 12.6. The molecule has 1 aliphatic rings. The van der Waals surface area contributed by atoms with Gasteiger partial charge in [-0.05, 0) is 42.7 Å². The normalized spacial score (nSPS) is 15.2. The minimum Gasteiger partial charge on any atom is -0.367 e. The second kappa shape index (κ2) is 10.3. The van der Waals surface area contributed by atoms with Crippen LogP contribution < -0.4 is 5.32 Å². The lowest BCUT2D eigenvalue weighted by Crippen LogP contribution is -2.38. The number of H-pyrrole nitrogens is 1. The third kappa shape index (κ3) is 5.60. The van der Waals surface area contributed by atoms with Crippen LogP contribution in [0.25, 0.3) is 21.1 Å². The molecule has 200 valence electrons. The average molecular weight is 551 g/mol. The zero-order valence-corrected chi connectivity index (χ0v) is 21.7. The monoisotopic (exact) mass is 550 g/mol. The number of nitrogens with one attached hydrogen (secondary N) is 2. The number of piperidine rings is 1. The van der Waals surface area contributed by atoms with E-state index in [4.69, 9.17) is 0 Å². The molecule has 0 bridgehead atoms. The summed E-state index contributed by atoms with van der Waals surface area (Å²) in [7, 11) is 0. The van der Waals surface area contributed by atoms with Gasteiger partial charge in [0.1, 0.15) is 28.7 Å². The predicted octanol–water partition coefficient (Wildman–Crippen LogP) is 5.47. The topological polar surface area (TPSA) is 98.5 Å². The van der Waals surface area contributed by atoms with Crippen molar-refractivity contribution < 1.29 is 13.2 Å². The van der Waals surface area contributed by atoms with Gasteiger partial charge in [0.05, 0.1) is 24.5 Å². The third-order valence-electron chi connectivity index (χ3n) is 7.07. The van der Waals surface area contributed by atoms with Crippen LogP contribution in [0.5, 0.6) is 0 Å². The Bertz CT molecular complexity index is 1640. The summed E-state index contributed by atoms with van der Waals surface area (Å²) in [6, 6.07) is 12.3. The number of hydrogen-bond acceptors (Lipinski definition) is 7. The lowest BCUT2D eigenvalue weighted by atomic mass is 10.0. The molecule has 0 unspecified atom stereocenters. The van der Waals surface area contributed by atoms with Crippen LogP contribution in [0.1, 0.15) is 34.5 Å². The van der Waals surface area contributed by atoms with Crippen molar-refractivity contribution in [1.29, 1.82) is 5.26 Å². The van der Waals surface area contributed by atoms with Gasteiger partial charge in [-0.1, -0.05) is 6.07 Å². The number of alkyl halides is 3. The number of aromatic amines is 1. The van der Waals surface area contributed by atoms with Gasteiger partial charge < -0.3 is 9.88 Å². The maximum Gasteiger partial charge on any atom is 0.393 e. The van der Waals surface area contributed by atoms with Gasteiger partial charge in [0.15, 0.2) is 0 Å². The number of nitriles is 1. The van der Waals surface area contributed by atoms with Crippen LogP contribution in [-0.4, -0.2) is 54.9 Å². The molecule has 1 fully saturated rings. The summed E-state index contributed by atoms with van der Waals surface area (Å²) in [5.41, 5.74) is 3.83. The summed E-state index contributed by atoms with van der Waals surface area (Å²) in [6.07, 6.45) is 1.59. The molecule has 8 nitrogen and oxygen atoms in total. The van der Waals surface area contributed by atoms with Crippen molar-refractivity contribution >= 4 is 38.3 Å². The average Bonchev–Trinajstić information content (AvgIpc) is 3.64. The van der Waals surface area contributed by atoms with E-state index in [1.54, 1.807) is 12.3 Å². The number of rotatable bonds is 7. The van der Waals surface area contributed by atoms with Crippen molar-refractivity contribution in [3.05, 3.63) is 70.8 Å². The SMILES string of the molecule is N#Cc1cc2cc(CN3CCC(Nc4ncnc5sc(CC(F)(F)F)cc45)CC3)ccc2n1Cc1cn[nH]c1. The van der Waals surface area contributed by atoms with Crippen LogP contribution in [0.4, 0.5) is 19.0 Å². The minimum atomic E-state index is -4.25. The van der Waals surface area contributed by atoms with Crippen LogP contribution in [0, 0.1) is 11.3 Å². The summed E-state index contributed by atoms with van der Waals surface area (Å²) in [5.74, 6) is 0.599. The van der Waals surface area contributed by atoms with Crippen LogP contribution in [-0.2, 0) is 19.5 Å². The first-order chi connectivity index (χ1) is 18.8. The number of likely N-dealkylation sites (tertiary alicyclic amines) is 1. The van der Waals surface area contributed by atoms with Crippen molar-refractivity contribution in [2.45, 2.75) is 44.6 Å². The smallest absolute Gasteiger partial charge is 0.367 e. The molecule has 5 heterocycles. The number of nitrogens with zero attached hydrogens (tertiary/aromatic N) is 6. The minimum absolute atomic E-state index is 0.183. The van der Waals surface area contributed by atoms with Gasteiger partial charge in [-0.2, -0.15) is 23.5 Å². The van der Waals surface area contributed by atoms with Gasteiger partial charge >= 0.3 is 6.18 Å². The summed E-state index contributed by atoms with van der Waals surface area (Å²) in [4.78, 5) is 11.7. The summed E-state index contributed by atoms with van der Waals surface area (Å²) >= 11 is 1.06. The summed E-state index contributed by atoms with van der Waals surface area (Å²) in [6.45, 7) is 3.16. The Morgan fingerprint density at radius 2 is 1.95 bits per heavy atom. The molecule has 39 heavy (non-hydrogen) atoms. The molecular weight excluding hydrogens is 525 g/mol. The Kier molecular flexibility index (Phi) is 6.70. The van der Waals surface area contributed by atoms with Gasteiger partial charge in [-0.25, -0.2) is 9.97 Å². The highest BCUT2D eigenvalue weighted by Crippen LogP contribution is 2.33. The maximum atomic E-state index is 12.9. The Labute approximate surface area is 226 Å². The summed E-state index contributed by atoms with van der Waals surface area (Å²) < 4.78 is 40.6. The van der Waals surface area contributed by atoms with Crippen LogP contribution >= 0.6 is 11.3 Å².